The molecular weight excluding hydrogens is 347 g/mol. The van der Waals surface area contributed by atoms with Gasteiger partial charge in [-0.2, -0.15) is 0 Å². The van der Waals surface area contributed by atoms with Crippen LogP contribution in [0.3, 0.4) is 0 Å². The molecule has 0 N–H and O–H groups in total. The summed E-state index contributed by atoms with van der Waals surface area (Å²) in [7, 11) is -3.70. The van der Waals surface area contributed by atoms with Crippen LogP contribution in [-0.4, -0.2) is 25.7 Å². The van der Waals surface area contributed by atoms with E-state index in [1.807, 2.05) is 0 Å². The van der Waals surface area contributed by atoms with E-state index in [-0.39, 0.29) is 17.2 Å². The zero-order chi connectivity index (χ0) is 18.7. The topological polar surface area (TPSA) is 69.7 Å². The summed E-state index contributed by atoms with van der Waals surface area (Å²) in [5.74, 6) is 0.482. The minimum atomic E-state index is -3.70. The summed E-state index contributed by atoms with van der Waals surface area (Å²) in [6.45, 7) is 4.80. The number of carbonyl (C=O) groups is 1. The molecule has 7 heteroatoms. The van der Waals surface area contributed by atoms with Gasteiger partial charge >= 0.3 is 0 Å². The van der Waals surface area contributed by atoms with Gasteiger partial charge in [-0.3, -0.25) is 4.79 Å². The smallest absolute Gasteiger partial charge is 0.293 e. The Morgan fingerprint density at radius 2 is 1.48 bits per heavy atom. The van der Waals surface area contributed by atoms with E-state index in [1.165, 1.54) is 69.3 Å². The molecule has 0 bridgehead atoms. The molecule has 0 aliphatic heterocycles. The third-order valence-corrected chi connectivity index (χ3v) is 6.43. The molecule has 25 heavy (non-hydrogen) atoms. The summed E-state index contributed by atoms with van der Waals surface area (Å²) in [6.07, 6.45) is 0. The largest absolute Gasteiger partial charge is 0.460 e. The number of benzene rings is 2. The van der Waals surface area contributed by atoms with Gasteiger partial charge in [0.25, 0.3) is 6.47 Å². The Bertz CT molecular complexity index is 827. The van der Waals surface area contributed by atoms with Crippen molar-refractivity contribution in [3.63, 3.8) is 0 Å². The lowest BCUT2D eigenvalue weighted by Gasteiger charge is -2.29. The molecule has 0 saturated carbocycles. The Kier molecular flexibility index (Phi) is 5.47. The van der Waals surface area contributed by atoms with E-state index in [0.717, 1.165) is 0 Å². The standard InChI is InChI=1S/C18H19FO5S/c1-13(18(2,3)23-12-20)25(21,22)17-10-8-16(9-11-17)24-15-6-4-14(19)5-7-15/h4-13H,1-3H3. The number of ether oxygens (including phenoxy) is 2. The fourth-order valence-corrected chi connectivity index (χ4v) is 3.86. The first-order chi connectivity index (χ1) is 11.7. The Morgan fingerprint density at radius 1 is 1.00 bits per heavy atom. The number of rotatable bonds is 7. The zero-order valence-electron chi connectivity index (χ0n) is 14.1. The lowest BCUT2D eigenvalue weighted by molar-refractivity contribution is -0.140. The predicted molar refractivity (Wildman–Crippen MR) is 90.8 cm³/mol. The summed E-state index contributed by atoms with van der Waals surface area (Å²) < 4.78 is 48.7. The summed E-state index contributed by atoms with van der Waals surface area (Å²) in [5, 5.41) is -0.936. The van der Waals surface area contributed by atoms with Crippen molar-refractivity contribution in [2.45, 2.75) is 36.5 Å². The van der Waals surface area contributed by atoms with Gasteiger partial charge in [0.2, 0.25) is 0 Å². The van der Waals surface area contributed by atoms with Crippen LogP contribution in [0.15, 0.2) is 53.4 Å². The molecule has 1 unspecified atom stereocenters. The molecule has 0 saturated heterocycles. The van der Waals surface area contributed by atoms with Crippen LogP contribution in [0.1, 0.15) is 20.8 Å². The maximum absolute atomic E-state index is 12.9. The van der Waals surface area contributed by atoms with Crippen LogP contribution in [0.2, 0.25) is 0 Å². The molecule has 0 amide bonds. The molecule has 0 fully saturated rings. The van der Waals surface area contributed by atoms with Crippen molar-refractivity contribution in [1.29, 1.82) is 0 Å². The maximum Gasteiger partial charge on any atom is 0.293 e. The van der Waals surface area contributed by atoms with Crippen molar-refractivity contribution in [3.05, 3.63) is 54.3 Å². The average molecular weight is 366 g/mol. The highest BCUT2D eigenvalue weighted by Crippen LogP contribution is 2.29. The van der Waals surface area contributed by atoms with Crippen molar-refractivity contribution >= 4 is 16.3 Å². The van der Waals surface area contributed by atoms with Gasteiger partial charge in [0.05, 0.1) is 4.90 Å². The van der Waals surface area contributed by atoms with Gasteiger partial charge in [0, 0.05) is 0 Å². The first-order valence-electron chi connectivity index (χ1n) is 7.55. The third kappa shape index (κ3) is 4.36. The first-order valence-corrected chi connectivity index (χ1v) is 9.10. The SMILES string of the molecule is CC(C(C)(C)OC=O)S(=O)(=O)c1ccc(Oc2ccc(F)cc2)cc1. The fraction of sp³-hybridized carbons (Fsp3) is 0.278. The summed E-state index contributed by atoms with van der Waals surface area (Å²) in [4.78, 5) is 10.7. The molecule has 2 rings (SSSR count). The molecular formula is C18H19FO5S. The van der Waals surface area contributed by atoms with E-state index >= 15 is 0 Å². The van der Waals surface area contributed by atoms with E-state index < -0.39 is 20.7 Å². The minimum absolute atomic E-state index is 0.0917. The van der Waals surface area contributed by atoms with E-state index in [1.54, 1.807) is 0 Å². The molecule has 134 valence electrons. The summed E-state index contributed by atoms with van der Waals surface area (Å²) >= 11 is 0. The van der Waals surface area contributed by atoms with Crippen molar-refractivity contribution in [3.8, 4) is 11.5 Å². The zero-order valence-corrected chi connectivity index (χ0v) is 14.9. The highest BCUT2D eigenvalue weighted by atomic mass is 32.2. The van der Waals surface area contributed by atoms with Crippen molar-refractivity contribution in [2.24, 2.45) is 0 Å². The lowest BCUT2D eigenvalue weighted by Crippen LogP contribution is -2.42. The van der Waals surface area contributed by atoms with E-state index in [0.29, 0.717) is 11.5 Å². The van der Waals surface area contributed by atoms with Crippen LogP contribution < -0.4 is 4.74 Å². The van der Waals surface area contributed by atoms with E-state index in [9.17, 15) is 17.6 Å². The predicted octanol–water partition coefficient (Wildman–Crippen LogP) is 3.73. The highest BCUT2D eigenvalue weighted by molar-refractivity contribution is 7.92. The highest BCUT2D eigenvalue weighted by Gasteiger charge is 2.38. The molecule has 0 spiro atoms. The van der Waals surface area contributed by atoms with Gasteiger partial charge in [0.15, 0.2) is 9.84 Å². The Balaban J connectivity index is 2.20. The van der Waals surface area contributed by atoms with Crippen molar-refractivity contribution < 1.29 is 27.1 Å². The van der Waals surface area contributed by atoms with Gasteiger partial charge in [-0.05, 0) is 69.3 Å². The summed E-state index contributed by atoms with van der Waals surface area (Å²) in [5.41, 5.74) is -1.16. The molecule has 0 aromatic heterocycles. The first kappa shape index (κ1) is 18.9. The summed E-state index contributed by atoms with van der Waals surface area (Å²) in [6, 6.07) is 11.3. The second-order valence-corrected chi connectivity index (χ2v) is 8.30. The number of carbonyl (C=O) groups excluding carboxylic acids is 1. The van der Waals surface area contributed by atoms with Crippen LogP contribution in [0, 0.1) is 5.82 Å². The van der Waals surface area contributed by atoms with Crippen molar-refractivity contribution in [2.75, 3.05) is 0 Å². The number of hydrogen-bond donors (Lipinski definition) is 0. The number of hydrogen-bond acceptors (Lipinski definition) is 5. The molecule has 2 aromatic rings. The van der Waals surface area contributed by atoms with Gasteiger partial charge in [-0.1, -0.05) is 0 Å². The van der Waals surface area contributed by atoms with Gasteiger partial charge in [-0.25, -0.2) is 12.8 Å². The molecule has 0 aliphatic carbocycles. The Hall–Kier alpha value is -2.41. The molecule has 0 aliphatic rings. The van der Waals surface area contributed by atoms with Crippen LogP contribution in [-0.2, 0) is 19.4 Å². The van der Waals surface area contributed by atoms with E-state index in [4.69, 9.17) is 9.47 Å². The minimum Gasteiger partial charge on any atom is -0.460 e. The average Bonchev–Trinajstić information content (AvgIpc) is 2.56. The molecule has 2 aromatic carbocycles. The second kappa shape index (κ2) is 7.23. The van der Waals surface area contributed by atoms with Crippen LogP contribution in [0.4, 0.5) is 4.39 Å². The Morgan fingerprint density at radius 3 is 1.96 bits per heavy atom. The fourth-order valence-electron chi connectivity index (χ4n) is 2.13. The second-order valence-electron chi connectivity index (χ2n) is 6.03. The third-order valence-electron chi connectivity index (χ3n) is 4.00. The van der Waals surface area contributed by atoms with Gasteiger partial charge in [0.1, 0.15) is 28.2 Å². The van der Waals surface area contributed by atoms with Crippen LogP contribution >= 0.6 is 0 Å². The molecule has 5 nitrogen and oxygen atoms in total. The van der Waals surface area contributed by atoms with Gasteiger partial charge in [-0.15, -0.1) is 0 Å². The van der Waals surface area contributed by atoms with Crippen molar-refractivity contribution in [1.82, 2.24) is 0 Å². The molecule has 0 radical (unpaired) electrons. The normalized spacial score (nSPS) is 13.1. The molecule has 1 atom stereocenters. The lowest BCUT2D eigenvalue weighted by atomic mass is 10.1. The van der Waals surface area contributed by atoms with Crippen LogP contribution in [0.5, 0.6) is 11.5 Å². The van der Waals surface area contributed by atoms with E-state index in [2.05, 4.69) is 0 Å². The number of halogens is 1. The van der Waals surface area contributed by atoms with Gasteiger partial charge < -0.3 is 9.47 Å². The monoisotopic (exact) mass is 366 g/mol. The quantitative estimate of drug-likeness (QED) is 0.698. The Labute approximate surface area is 146 Å². The van der Waals surface area contributed by atoms with Crippen LogP contribution in [0.25, 0.3) is 0 Å². The number of sulfone groups is 1. The molecule has 0 heterocycles. The maximum atomic E-state index is 12.9.